The lowest BCUT2D eigenvalue weighted by atomic mass is 10.0. The Labute approximate surface area is 199 Å². The monoisotopic (exact) mass is 476 g/mol. The fourth-order valence-corrected chi connectivity index (χ4v) is 5.29. The first-order valence-corrected chi connectivity index (χ1v) is 14.9. The Bertz CT molecular complexity index is 512. The molecule has 0 bridgehead atoms. The minimum Gasteiger partial charge on any atom is -0.373 e. The van der Waals surface area contributed by atoms with Crippen molar-refractivity contribution in [3.63, 3.8) is 0 Å². The molecule has 5 nitrogen and oxygen atoms in total. The van der Waals surface area contributed by atoms with Crippen LogP contribution in [0.2, 0.25) is 0 Å². The van der Waals surface area contributed by atoms with Gasteiger partial charge in [-0.25, -0.2) is 0 Å². The molecule has 0 aliphatic rings. The number of hydrogen-bond donors (Lipinski definition) is 3. The number of likely N-dealkylation sites (N-methyl/N-ethyl adjacent to an activating group) is 1. The van der Waals surface area contributed by atoms with Crippen molar-refractivity contribution < 1.29 is 23.9 Å². The quantitative estimate of drug-likeness (QED) is 0.0670. The fraction of sp³-hybridized carbons (Fsp3) is 0.923. The van der Waals surface area contributed by atoms with Gasteiger partial charge in [-0.15, -0.1) is 0 Å². The van der Waals surface area contributed by atoms with Gasteiger partial charge in [-0.05, 0) is 25.7 Å². The largest absolute Gasteiger partial charge is 0.373 e. The van der Waals surface area contributed by atoms with Gasteiger partial charge in [0.25, 0.3) is 0 Å². The van der Waals surface area contributed by atoms with Crippen LogP contribution in [0.3, 0.4) is 0 Å². The van der Waals surface area contributed by atoms with E-state index in [2.05, 4.69) is 13.0 Å². The summed E-state index contributed by atoms with van der Waals surface area (Å²) in [6.45, 7) is 2.30. The highest BCUT2D eigenvalue weighted by atomic mass is 31.2. The van der Waals surface area contributed by atoms with Gasteiger partial charge in [-0.1, -0.05) is 109 Å². The van der Waals surface area contributed by atoms with Crippen molar-refractivity contribution in [2.45, 2.75) is 128 Å². The lowest BCUT2D eigenvalue weighted by Gasteiger charge is -2.35. The SMILES string of the molecule is CCCCCCCCCCCCCCCCC/C=C\CCC(O)(C[N+](C)(C)C)P(=O)(O)O. The molecule has 0 fully saturated rings. The Kier molecular flexibility index (Phi) is 18.1. The first kappa shape index (κ1) is 31.8. The molecule has 0 aliphatic heterocycles. The number of nitrogens with zero attached hydrogens (tertiary/aromatic N) is 1. The highest BCUT2D eigenvalue weighted by Gasteiger charge is 2.48. The molecule has 0 aromatic heterocycles. The molecule has 0 heterocycles. The third kappa shape index (κ3) is 18.3. The standard InChI is InChI=1S/C26H54NO4P/c1-5-6-7-8-9-10-11-12-13-14-15-16-17-18-19-20-21-22-23-24-26(28,32(29,30)31)25-27(2,3)4/h21-22,28H,5-20,23-25H2,1-4H3,(H-,29,30,31)/p+1/b22-21-. The van der Waals surface area contributed by atoms with Gasteiger partial charge in [-0.2, -0.15) is 0 Å². The normalized spacial score (nSPS) is 14.8. The lowest BCUT2D eigenvalue weighted by Crippen LogP contribution is -2.49. The van der Waals surface area contributed by atoms with Gasteiger partial charge in [0.2, 0.25) is 5.34 Å². The maximum Gasteiger partial charge on any atom is 0.362 e. The van der Waals surface area contributed by atoms with Gasteiger partial charge in [0.05, 0.1) is 21.1 Å². The molecule has 0 rings (SSSR count). The molecule has 1 atom stereocenters. The van der Waals surface area contributed by atoms with Crippen LogP contribution < -0.4 is 0 Å². The minimum absolute atomic E-state index is 0.0319. The van der Waals surface area contributed by atoms with Crippen LogP contribution >= 0.6 is 7.60 Å². The molecule has 0 aliphatic carbocycles. The van der Waals surface area contributed by atoms with Crippen molar-refractivity contribution in [2.75, 3.05) is 27.7 Å². The molecule has 3 N–H and O–H groups in total. The smallest absolute Gasteiger partial charge is 0.362 e. The minimum atomic E-state index is -4.57. The Morgan fingerprint density at radius 1 is 0.688 bits per heavy atom. The predicted octanol–water partition coefficient (Wildman–Crippen LogP) is 7.16. The van der Waals surface area contributed by atoms with E-state index in [9.17, 15) is 19.5 Å². The summed E-state index contributed by atoms with van der Waals surface area (Å²) in [6, 6.07) is 0. The molecule has 0 aromatic rings. The van der Waals surface area contributed by atoms with Gasteiger partial charge in [0.15, 0.2) is 0 Å². The summed E-state index contributed by atoms with van der Waals surface area (Å²) in [5, 5.41) is 8.56. The van der Waals surface area contributed by atoms with Crippen LogP contribution in [0.5, 0.6) is 0 Å². The second-order valence-corrected chi connectivity index (χ2v) is 12.6. The van der Waals surface area contributed by atoms with E-state index in [0.717, 1.165) is 12.8 Å². The molecule has 0 amide bonds. The van der Waals surface area contributed by atoms with Gasteiger partial charge < -0.3 is 19.4 Å². The lowest BCUT2D eigenvalue weighted by molar-refractivity contribution is -0.875. The van der Waals surface area contributed by atoms with E-state index < -0.39 is 12.9 Å². The number of aliphatic hydroxyl groups is 1. The predicted molar refractivity (Wildman–Crippen MR) is 138 cm³/mol. The number of rotatable bonds is 22. The van der Waals surface area contributed by atoms with Crippen LogP contribution in [0.4, 0.5) is 0 Å². The van der Waals surface area contributed by atoms with E-state index in [0.29, 0.717) is 10.9 Å². The van der Waals surface area contributed by atoms with E-state index in [4.69, 9.17) is 0 Å². The van der Waals surface area contributed by atoms with Crippen molar-refractivity contribution in [2.24, 2.45) is 0 Å². The molecule has 0 spiro atoms. The van der Waals surface area contributed by atoms with Crippen LogP contribution in [-0.2, 0) is 4.57 Å². The van der Waals surface area contributed by atoms with E-state index in [1.807, 2.05) is 27.2 Å². The average Bonchev–Trinajstić information content (AvgIpc) is 2.67. The summed E-state index contributed by atoms with van der Waals surface area (Å²) in [5.74, 6) is 0. The Balaban J connectivity index is 3.62. The molecule has 32 heavy (non-hydrogen) atoms. The summed E-state index contributed by atoms with van der Waals surface area (Å²) in [7, 11) is 0.907. The molecular weight excluding hydrogens is 421 g/mol. The van der Waals surface area contributed by atoms with Crippen LogP contribution in [0.1, 0.15) is 122 Å². The highest BCUT2D eigenvalue weighted by molar-refractivity contribution is 7.53. The van der Waals surface area contributed by atoms with Gasteiger partial charge in [-0.3, -0.25) is 4.57 Å². The summed E-state index contributed by atoms with van der Waals surface area (Å²) in [5.41, 5.74) is 0. The number of allylic oxidation sites excluding steroid dienone is 2. The highest BCUT2D eigenvalue weighted by Crippen LogP contribution is 2.52. The summed E-state index contributed by atoms with van der Waals surface area (Å²) in [4.78, 5) is 19.2. The number of hydrogen-bond acceptors (Lipinski definition) is 2. The summed E-state index contributed by atoms with van der Waals surface area (Å²) in [6.07, 6.45) is 26.1. The zero-order chi connectivity index (χ0) is 24.3. The number of unbranched alkanes of at least 4 members (excludes halogenated alkanes) is 15. The Hall–Kier alpha value is -0.190. The summed E-state index contributed by atoms with van der Waals surface area (Å²) >= 11 is 0. The molecular formula is C26H55NO4P+. The van der Waals surface area contributed by atoms with Crippen molar-refractivity contribution in [1.82, 2.24) is 0 Å². The van der Waals surface area contributed by atoms with Crippen molar-refractivity contribution in [3.8, 4) is 0 Å². The van der Waals surface area contributed by atoms with E-state index in [-0.39, 0.29) is 13.0 Å². The van der Waals surface area contributed by atoms with Crippen molar-refractivity contribution in [1.29, 1.82) is 0 Å². The maximum absolute atomic E-state index is 11.8. The third-order valence-corrected chi connectivity index (χ3v) is 7.57. The zero-order valence-corrected chi connectivity index (χ0v) is 22.6. The van der Waals surface area contributed by atoms with Gasteiger partial charge in [0, 0.05) is 0 Å². The maximum atomic E-state index is 11.8. The second-order valence-electron chi connectivity index (χ2n) is 10.7. The van der Waals surface area contributed by atoms with Gasteiger partial charge in [0.1, 0.15) is 6.54 Å². The summed E-state index contributed by atoms with van der Waals surface area (Å²) < 4.78 is 12.1. The van der Waals surface area contributed by atoms with Crippen LogP contribution in [0, 0.1) is 0 Å². The molecule has 0 saturated carbocycles. The van der Waals surface area contributed by atoms with Crippen LogP contribution in [0.25, 0.3) is 0 Å². The fourth-order valence-electron chi connectivity index (χ4n) is 4.26. The van der Waals surface area contributed by atoms with E-state index >= 15 is 0 Å². The molecule has 1 unspecified atom stereocenters. The molecule has 0 saturated heterocycles. The first-order valence-electron chi connectivity index (χ1n) is 13.3. The van der Waals surface area contributed by atoms with E-state index in [1.165, 1.54) is 89.9 Å². The first-order chi connectivity index (χ1) is 15.0. The van der Waals surface area contributed by atoms with E-state index in [1.54, 1.807) is 0 Å². The topological polar surface area (TPSA) is 77.8 Å². The Morgan fingerprint density at radius 3 is 1.44 bits per heavy atom. The zero-order valence-electron chi connectivity index (χ0n) is 21.7. The Morgan fingerprint density at radius 2 is 1.06 bits per heavy atom. The molecule has 0 aromatic carbocycles. The second kappa shape index (κ2) is 18.2. The van der Waals surface area contributed by atoms with Crippen molar-refractivity contribution in [3.05, 3.63) is 12.2 Å². The van der Waals surface area contributed by atoms with Crippen molar-refractivity contribution >= 4 is 7.60 Å². The number of quaternary nitrogens is 1. The molecule has 0 radical (unpaired) electrons. The molecule has 6 heteroatoms. The van der Waals surface area contributed by atoms with Gasteiger partial charge >= 0.3 is 7.60 Å². The third-order valence-electron chi connectivity index (χ3n) is 6.12. The molecule has 192 valence electrons. The average molecular weight is 477 g/mol. The van der Waals surface area contributed by atoms with Crippen LogP contribution in [0.15, 0.2) is 12.2 Å². The van der Waals surface area contributed by atoms with Crippen LogP contribution in [-0.4, -0.2) is 52.4 Å².